The van der Waals surface area contributed by atoms with Crippen LogP contribution in [0.1, 0.15) is 2.85 Å². The van der Waals surface area contributed by atoms with Crippen molar-refractivity contribution < 1.29 is 66.7 Å². The molecule has 0 nitrogen and oxygen atoms in total. The molecule has 0 fully saturated rings. The van der Waals surface area contributed by atoms with E-state index in [-0.39, 0.29) is 104 Å². The van der Waals surface area contributed by atoms with Gasteiger partial charge in [0.05, 0.1) is 0 Å². The second kappa shape index (κ2) is 16.2. The van der Waals surface area contributed by atoms with Gasteiger partial charge >= 0.3 is 37.7 Å². The summed E-state index contributed by atoms with van der Waals surface area (Å²) in [4.78, 5) is 0. The van der Waals surface area contributed by atoms with Crippen molar-refractivity contribution in [1.29, 1.82) is 0 Å². The van der Waals surface area contributed by atoms with Crippen LogP contribution in [0.4, 0.5) is 0 Å². The molecule has 4 heteroatoms. The monoisotopic (exact) mass is 283 g/mol. The minimum absolute atomic E-state index is 0. The van der Waals surface area contributed by atoms with Crippen LogP contribution >= 0.6 is 0 Å². The normalized spacial score (nSPS) is 0. The van der Waals surface area contributed by atoms with Gasteiger partial charge in [-0.1, -0.05) is 0 Å². The minimum atomic E-state index is 0. The molecule has 1 radical (unpaired) electrons. The summed E-state index contributed by atoms with van der Waals surface area (Å²) >= 11 is 0. The van der Waals surface area contributed by atoms with E-state index in [1.807, 2.05) is 0 Å². The van der Waals surface area contributed by atoms with Crippen LogP contribution in [0.15, 0.2) is 0 Å². The molecular weight excluding hydrogens is 281 g/mol. The molecule has 0 bridgehead atoms. The molecule has 0 aromatic rings. The van der Waals surface area contributed by atoms with Crippen LogP contribution in [-0.2, 0) is 63.8 Å². The van der Waals surface area contributed by atoms with Crippen LogP contribution in [0.25, 0.3) is 0 Å². The Morgan fingerprint density at radius 3 is 1.25 bits per heavy atom. The zero-order valence-electron chi connectivity index (χ0n) is 4.42. The Balaban J connectivity index is 0. The Kier molecular flexibility index (Phi) is 108. The zero-order chi connectivity index (χ0) is 0. The smallest absolute Gasteiger partial charge is 1.00 e. The van der Waals surface area contributed by atoms with Gasteiger partial charge in [-0.2, -0.15) is 0 Å². The topological polar surface area (TPSA) is 0 Å². The van der Waals surface area contributed by atoms with E-state index in [9.17, 15) is 0 Å². The van der Waals surface area contributed by atoms with Crippen LogP contribution in [0.3, 0.4) is 0 Å². The fourth-order valence-electron chi connectivity index (χ4n) is 0. The number of hydrogen-bond donors (Lipinski definition) is 0. The molecule has 0 aliphatic rings. The average molecular weight is 283 g/mol. The van der Waals surface area contributed by atoms with Gasteiger partial charge in [0.2, 0.25) is 0 Å². The Labute approximate surface area is 102 Å². The molecule has 0 saturated heterocycles. The molecule has 4 heavy (non-hydrogen) atoms. The first kappa shape index (κ1) is 26.5. The fourth-order valence-corrected chi connectivity index (χ4v) is 0. The predicted molar refractivity (Wildman–Crippen MR) is 7.98 cm³/mol. The fraction of sp³-hybridized carbons (Fsp3) is 0. The van der Waals surface area contributed by atoms with Crippen molar-refractivity contribution in [2.45, 2.75) is 0 Å². The van der Waals surface area contributed by atoms with Crippen LogP contribution in [0, 0.1) is 0 Å². The quantitative estimate of drug-likeness (QED) is 0.542. The van der Waals surface area contributed by atoms with Crippen LogP contribution in [0.2, 0.25) is 0 Å². The van der Waals surface area contributed by atoms with E-state index in [4.69, 9.17) is 0 Å². The molecule has 0 N–H and O–H groups in total. The molecule has 19 valence electrons. The second-order valence-corrected chi connectivity index (χ2v) is 0. The predicted octanol–water partition coefficient (Wildman–Crippen LogP) is -0.163. The second-order valence-electron chi connectivity index (χ2n) is 0. The maximum Gasteiger partial charge on any atom is 2.00 e. The third kappa shape index (κ3) is 9.01. The van der Waals surface area contributed by atoms with Crippen molar-refractivity contribution in [1.82, 2.24) is 0 Å². The molecule has 0 saturated carbocycles. The SMILES string of the molecule is [Ca+2].[Cd].[Cu].[H-].[H-].[Zn]. The summed E-state index contributed by atoms with van der Waals surface area (Å²) in [6.07, 6.45) is 0. The molecule has 0 aliphatic heterocycles. The first-order chi connectivity index (χ1) is 0. The van der Waals surface area contributed by atoms with Crippen LogP contribution < -0.4 is 0 Å². The first-order valence-corrected chi connectivity index (χ1v) is 0. The largest absolute Gasteiger partial charge is 2.00 e. The molecule has 0 spiro atoms. The molecule has 0 aromatic carbocycles. The Bertz CT molecular complexity index is 13.5. The summed E-state index contributed by atoms with van der Waals surface area (Å²) < 4.78 is 0. The third-order valence-corrected chi connectivity index (χ3v) is 0. The molecule has 0 aliphatic carbocycles. The average Bonchev–Trinajstić information content (AvgIpc) is 0. The zero-order valence-corrected chi connectivity index (χ0v) is 12.6. The Hall–Kier alpha value is 3.32. The number of hydrogen-bond acceptors (Lipinski definition) is 0. The van der Waals surface area contributed by atoms with Crippen molar-refractivity contribution >= 4 is 37.7 Å². The standard InChI is InChI=1S/Ca.Cd.Cu.Zn.2H/q+2;;;;2*-1. The summed E-state index contributed by atoms with van der Waals surface area (Å²) in [5, 5.41) is 0. The van der Waals surface area contributed by atoms with Gasteiger partial charge in [0.1, 0.15) is 0 Å². The van der Waals surface area contributed by atoms with Gasteiger partial charge < -0.3 is 2.85 Å². The van der Waals surface area contributed by atoms with Crippen molar-refractivity contribution in [3.05, 3.63) is 0 Å². The third-order valence-electron chi connectivity index (χ3n) is 0. The van der Waals surface area contributed by atoms with Crippen LogP contribution in [0.5, 0.6) is 0 Å². The van der Waals surface area contributed by atoms with E-state index in [0.29, 0.717) is 0 Å². The molecular formula is H2CaCdCuZn. The van der Waals surface area contributed by atoms with Gasteiger partial charge in [-0.25, -0.2) is 0 Å². The van der Waals surface area contributed by atoms with Gasteiger partial charge in [-0.3, -0.25) is 0 Å². The van der Waals surface area contributed by atoms with Crippen molar-refractivity contribution in [3.63, 3.8) is 0 Å². The van der Waals surface area contributed by atoms with E-state index < -0.39 is 0 Å². The van der Waals surface area contributed by atoms with Crippen LogP contribution in [-0.4, -0.2) is 37.7 Å². The molecule has 0 rings (SSSR count). The summed E-state index contributed by atoms with van der Waals surface area (Å²) in [6.45, 7) is 0. The molecule has 0 unspecified atom stereocenters. The molecule has 0 heterocycles. The summed E-state index contributed by atoms with van der Waals surface area (Å²) in [6, 6.07) is 0. The summed E-state index contributed by atoms with van der Waals surface area (Å²) in [7, 11) is 0. The van der Waals surface area contributed by atoms with Gasteiger partial charge in [0.15, 0.2) is 0 Å². The van der Waals surface area contributed by atoms with Gasteiger partial charge in [0, 0.05) is 63.8 Å². The van der Waals surface area contributed by atoms with E-state index in [1.54, 1.807) is 0 Å². The van der Waals surface area contributed by atoms with E-state index in [1.165, 1.54) is 0 Å². The Morgan fingerprint density at radius 2 is 1.25 bits per heavy atom. The van der Waals surface area contributed by atoms with Gasteiger partial charge in [-0.05, 0) is 0 Å². The Morgan fingerprint density at radius 1 is 1.25 bits per heavy atom. The van der Waals surface area contributed by atoms with Crippen molar-refractivity contribution in [2.75, 3.05) is 0 Å². The molecule has 0 amide bonds. The van der Waals surface area contributed by atoms with E-state index in [0.717, 1.165) is 0 Å². The molecule has 0 atom stereocenters. The van der Waals surface area contributed by atoms with Gasteiger partial charge in [-0.15, -0.1) is 0 Å². The maximum absolute atomic E-state index is 0. The van der Waals surface area contributed by atoms with E-state index in [2.05, 4.69) is 0 Å². The van der Waals surface area contributed by atoms with Gasteiger partial charge in [0.25, 0.3) is 0 Å². The summed E-state index contributed by atoms with van der Waals surface area (Å²) in [5.41, 5.74) is 0. The van der Waals surface area contributed by atoms with Crippen molar-refractivity contribution in [3.8, 4) is 0 Å². The first-order valence-electron chi connectivity index (χ1n) is 0. The van der Waals surface area contributed by atoms with E-state index >= 15 is 0 Å². The minimum Gasteiger partial charge on any atom is -1.00 e. The van der Waals surface area contributed by atoms with Crippen molar-refractivity contribution in [2.24, 2.45) is 0 Å². The number of rotatable bonds is 0. The molecule has 0 aromatic heterocycles. The maximum atomic E-state index is 0. The summed E-state index contributed by atoms with van der Waals surface area (Å²) in [5.74, 6) is 0.